The van der Waals surface area contributed by atoms with Gasteiger partial charge in [-0.3, -0.25) is 14.7 Å². The zero-order chi connectivity index (χ0) is 16.0. The molecule has 0 fully saturated rings. The summed E-state index contributed by atoms with van der Waals surface area (Å²) in [6, 6.07) is 0. The molecule has 0 radical (unpaired) electrons. The first kappa shape index (κ1) is 14.1. The summed E-state index contributed by atoms with van der Waals surface area (Å²) < 4.78 is 0. The Morgan fingerprint density at radius 3 is 2.96 bits per heavy atom. The van der Waals surface area contributed by atoms with E-state index in [0.717, 1.165) is 30.8 Å². The number of amides is 1. The van der Waals surface area contributed by atoms with Crippen LogP contribution in [0.5, 0.6) is 0 Å². The molecule has 120 valence electrons. The minimum atomic E-state index is -0.110. The molecule has 2 aliphatic heterocycles. The number of aromatic amines is 2. The van der Waals surface area contributed by atoms with Gasteiger partial charge >= 0.3 is 0 Å². The number of nitrogens with zero attached hydrogens (tertiary/aromatic N) is 4. The zero-order valence-corrected chi connectivity index (χ0v) is 12.9. The van der Waals surface area contributed by atoms with Gasteiger partial charge in [0.15, 0.2) is 5.69 Å². The van der Waals surface area contributed by atoms with Crippen LogP contribution in [0.2, 0.25) is 0 Å². The summed E-state index contributed by atoms with van der Waals surface area (Å²) in [5.74, 6) is -0.0921. The predicted octanol–water partition coefficient (Wildman–Crippen LogP) is -0.321. The van der Waals surface area contributed by atoms with E-state index in [1.807, 2.05) is 7.05 Å². The highest BCUT2D eigenvalue weighted by atomic mass is 16.2. The van der Waals surface area contributed by atoms with Gasteiger partial charge in [0.2, 0.25) is 0 Å². The highest BCUT2D eigenvalue weighted by Crippen LogP contribution is 2.22. The quantitative estimate of drug-likeness (QED) is 0.752. The third kappa shape index (κ3) is 2.35. The molecule has 0 bridgehead atoms. The van der Waals surface area contributed by atoms with Crippen molar-refractivity contribution in [3.05, 3.63) is 44.9 Å². The van der Waals surface area contributed by atoms with Gasteiger partial charge in [-0.05, 0) is 13.5 Å². The van der Waals surface area contributed by atoms with Crippen molar-refractivity contribution in [1.82, 2.24) is 30.0 Å². The zero-order valence-electron chi connectivity index (χ0n) is 12.9. The molecule has 2 aromatic heterocycles. The number of rotatable bonds is 1. The Kier molecular flexibility index (Phi) is 3.26. The van der Waals surface area contributed by atoms with E-state index >= 15 is 0 Å². The van der Waals surface area contributed by atoms with Crippen molar-refractivity contribution in [2.45, 2.75) is 25.9 Å². The van der Waals surface area contributed by atoms with E-state index < -0.39 is 0 Å². The summed E-state index contributed by atoms with van der Waals surface area (Å²) in [6.07, 6.45) is 2.79. The summed E-state index contributed by atoms with van der Waals surface area (Å²) in [5.41, 5.74) is 3.79. The lowest BCUT2D eigenvalue weighted by Crippen LogP contribution is -2.39. The van der Waals surface area contributed by atoms with Crippen molar-refractivity contribution in [2.24, 2.45) is 0 Å². The molecule has 0 unspecified atom stereocenters. The van der Waals surface area contributed by atoms with Crippen molar-refractivity contribution in [1.29, 1.82) is 0 Å². The maximum Gasteiger partial charge on any atom is 0.275 e. The molecule has 8 heteroatoms. The molecule has 2 N–H and O–H groups in total. The number of carbonyl (C=O) groups excluding carboxylic acids is 1. The Bertz CT molecular complexity index is 824. The van der Waals surface area contributed by atoms with E-state index in [0.29, 0.717) is 36.5 Å². The van der Waals surface area contributed by atoms with Gasteiger partial charge in [-0.1, -0.05) is 0 Å². The molecule has 0 aromatic carbocycles. The molecule has 23 heavy (non-hydrogen) atoms. The molecule has 0 aliphatic carbocycles. The molecule has 4 rings (SSSR count). The summed E-state index contributed by atoms with van der Waals surface area (Å²) >= 11 is 0. The van der Waals surface area contributed by atoms with Crippen molar-refractivity contribution in [2.75, 3.05) is 20.1 Å². The third-order valence-corrected chi connectivity index (χ3v) is 4.62. The van der Waals surface area contributed by atoms with E-state index in [1.54, 1.807) is 4.90 Å². The first-order valence-corrected chi connectivity index (χ1v) is 7.73. The maximum atomic E-state index is 12.8. The molecule has 0 spiro atoms. The number of aromatic nitrogens is 4. The van der Waals surface area contributed by atoms with Crippen molar-refractivity contribution in [3.8, 4) is 0 Å². The number of likely N-dealkylation sites (N-methyl/N-ethyl adjacent to an activating group) is 1. The van der Waals surface area contributed by atoms with Crippen LogP contribution < -0.4 is 5.56 Å². The van der Waals surface area contributed by atoms with Crippen LogP contribution in [0.15, 0.2) is 11.1 Å². The lowest BCUT2D eigenvalue weighted by molar-refractivity contribution is 0.0723. The SMILES string of the molecule is CN1CCc2[nH]nc(C(=O)N3CCc4c(nc[nH]c4=O)C3)c2C1. The monoisotopic (exact) mass is 314 g/mol. The fourth-order valence-corrected chi connectivity index (χ4v) is 3.30. The molecule has 1 amide bonds. The van der Waals surface area contributed by atoms with Crippen molar-refractivity contribution >= 4 is 5.91 Å². The van der Waals surface area contributed by atoms with E-state index in [-0.39, 0.29) is 11.5 Å². The lowest BCUT2D eigenvalue weighted by Gasteiger charge is -2.28. The summed E-state index contributed by atoms with van der Waals surface area (Å²) in [7, 11) is 2.04. The molecule has 2 aliphatic rings. The predicted molar refractivity (Wildman–Crippen MR) is 81.9 cm³/mol. The van der Waals surface area contributed by atoms with Gasteiger partial charge in [0, 0.05) is 42.9 Å². The van der Waals surface area contributed by atoms with Gasteiger partial charge in [0.05, 0.1) is 18.6 Å². The van der Waals surface area contributed by atoms with Crippen LogP contribution in [0.4, 0.5) is 0 Å². The molecular weight excluding hydrogens is 296 g/mol. The van der Waals surface area contributed by atoms with E-state index in [1.165, 1.54) is 6.33 Å². The van der Waals surface area contributed by atoms with E-state index in [2.05, 4.69) is 25.1 Å². The van der Waals surface area contributed by atoms with Crippen LogP contribution in [-0.4, -0.2) is 56.0 Å². The largest absolute Gasteiger partial charge is 0.331 e. The normalized spacial score (nSPS) is 17.7. The summed E-state index contributed by atoms with van der Waals surface area (Å²) in [6.45, 7) is 2.56. The first-order chi connectivity index (χ1) is 11.1. The first-order valence-electron chi connectivity index (χ1n) is 7.73. The van der Waals surface area contributed by atoms with Crippen molar-refractivity contribution in [3.63, 3.8) is 0 Å². The van der Waals surface area contributed by atoms with Gasteiger partial charge in [-0.15, -0.1) is 0 Å². The van der Waals surface area contributed by atoms with E-state index in [4.69, 9.17) is 0 Å². The van der Waals surface area contributed by atoms with Crippen LogP contribution in [0, 0.1) is 0 Å². The summed E-state index contributed by atoms with van der Waals surface area (Å²) in [5, 5.41) is 7.25. The molecule has 0 saturated carbocycles. The Morgan fingerprint density at radius 1 is 1.22 bits per heavy atom. The minimum absolute atomic E-state index is 0.0921. The lowest BCUT2D eigenvalue weighted by atomic mass is 10.0. The van der Waals surface area contributed by atoms with Gasteiger partial charge in [0.25, 0.3) is 11.5 Å². The summed E-state index contributed by atoms with van der Waals surface area (Å²) in [4.78, 5) is 35.3. The second-order valence-corrected chi connectivity index (χ2v) is 6.15. The topological polar surface area (TPSA) is 98.0 Å². The van der Waals surface area contributed by atoms with Crippen LogP contribution in [0.3, 0.4) is 0 Å². The molecule has 0 atom stereocenters. The number of nitrogens with one attached hydrogen (secondary N) is 2. The second-order valence-electron chi connectivity index (χ2n) is 6.15. The number of hydrogen-bond acceptors (Lipinski definition) is 5. The fraction of sp³-hybridized carbons (Fsp3) is 0.467. The number of carbonyl (C=O) groups is 1. The third-order valence-electron chi connectivity index (χ3n) is 4.62. The maximum absolute atomic E-state index is 12.8. The van der Waals surface area contributed by atoms with Crippen LogP contribution in [-0.2, 0) is 25.9 Å². The second kappa shape index (κ2) is 5.31. The van der Waals surface area contributed by atoms with E-state index in [9.17, 15) is 9.59 Å². The number of fused-ring (bicyclic) bond motifs is 2. The molecule has 4 heterocycles. The molecule has 0 saturated heterocycles. The van der Waals surface area contributed by atoms with Gasteiger partial charge in [0.1, 0.15) is 0 Å². The van der Waals surface area contributed by atoms with Gasteiger partial charge < -0.3 is 14.8 Å². The average molecular weight is 314 g/mol. The van der Waals surface area contributed by atoms with Crippen LogP contribution in [0.25, 0.3) is 0 Å². The number of H-pyrrole nitrogens is 2. The Labute approximate surface area is 132 Å². The van der Waals surface area contributed by atoms with Crippen molar-refractivity contribution < 1.29 is 4.79 Å². The molecular formula is C15H18N6O2. The Hall–Kier alpha value is -2.48. The van der Waals surface area contributed by atoms with Crippen LogP contribution in [0.1, 0.15) is 33.0 Å². The number of hydrogen-bond donors (Lipinski definition) is 2. The smallest absolute Gasteiger partial charge is 0.275 e. The molecule has 2 aromatic rings. The minimum Gasteiger partial charge on any atom is -0.331 e. The Morgan fingerprint density at radius 2 is 2.09 bits per heavy atom. The highest BCUT2D eigenvalue weighted by Gasteiger charge is 2.30. The average Bonchev–Trinajstić information content (AvgIpc) is 2.97. The van der Waals surface area contributed by atoms with Gasteiger partial charge in [-0.2, -0.15) is 5.10 Å². The highest BCUT2D eigenvalue weighted by molar-refractivity contribution is 5.94. The Balaban J connectivity index is 1.62. The standard InChI is InChI=1S/C15H18N6O2/c1-20-4-3-11-10(6-20)13(19-18-11)15(23)21-5-2-9-12(7-21)16-8-17-14(9)22/h8H,2-7H2,1H3,(H,18,19)(H,16,17,22). The molecule has 8 nitrogen and oxygen atoms in total. The fourth-order valence-electron chi connectivity index (χ4n) is 3.30. The van der Waals surface area contributed by atoms with Crippen LogP contribution >= 0.6 is 0 Å². The van der Waals surface area contributed by atoms with Gasteiger partial charge in [-0.25, -0.2) is 4.98 Å².